The van der Waals surface area contributed by atoms with Gasteiger partial charge < -0.3 is 14.7 Å². The van der Waals surface area contributed by atoms with Gasteiger partial charge in [-0.25, -0.2) is 0 Å². The monoisotopic (exact) mass is 303 g/mol. The first-order chi connectivity index (χ1) is 10.7. The average molecular weight is 303 g/mol. The van der Waals surface area contributed by atoms with Crippen molar-refractivity contribution in [2.24, 2.45) is 0 Å². The first kappa shape index (κ1) is 15.5. The molecule has 3 rings (SSSR count). The molecule has 1 aromatic rings. The van der Waals surface area contributed by atoms with E-state index in [1.54, 1.807) is 0 Å². The van der Waals surface area contributed by atoms with E-state index in [2.05, 4.69) is 12.1 Å². The average Bonchev–Trinajstić information content (AvgIpc) is 2.87. The van der Waals surface area contributed by atoms with Crippen LogP contribution in [0.3, 0.4) is 0 Å². The summed E-state index contributed by atoms with van der Waals surface area (Å²) in [7, 11) is 0. The third kappa shape index (κ3) is 3.68. The highest BCUT2D eigenvalue weighted by Crippen LogP contribution is 2.29. The number of β-amino-alcohol motifs (C(OH)–C–C–N with tert-alkyl or cyclic N) is 1. The molecule has 1 unspecified atom stereocenters. The van der Waals surface area contributed by atoms with Gasteiger partial charge in [0, 0.05) is 6.54 Å². The summed E-state index contributed by atoms with van der Waals surface area (Å²) in [6.45, 7) is 1.16. The molecule has 1 heterocycles. The number of carbonyl (C=O) groups excluding carboxylic acids is 1. The third-order valence-corrected chi connectivity index (χ3v) is 4.77. The molecule has 120 valence electrons. The maximum absolute atomic E-state index is 12.0. The summed E-state index contributed by atoms with van der Waals surface area (Å²) in [5.74, 6) is 0.0797. The topological polar surface area (TPSA) is 49.8 Å². The molecule has 2 aliphatic rings. The number of carbonyl (C=O) groups is 1. The highest BCUT2D eigenvalue weighted by molar-refractivity contribution is 5.79. The number of benzene rings is 1. The van der Waals surface area contributed by atoms with Crippen molar-refractivity contribution in [1.82, 2.24) is 4.90 Å². The Kier molecular flexibility index (Phi) is 5.11. The number of ether oxygens (including phenoxy) is 1. The predicted molar refractivity (Wildman–Crippen MR) is 84.5 cm³/mol. The molecule has 1 aliphatic carbocycles. The Morgan fingerprint density at radius 2 is 1.95 bits per heavy atom. The van der Waals surface area contributed by atoms with Crippen LogP contribution in [0.25, 0.3) is 0 Å². The number of likely N-dealkylation sites (tertiary alicyclic amines) is 1. The number of nitrogens with zero attached hydrogens (tertiary/aromatic N) is 1. The quantitative estimate of drug-likeness (QED) is 0.907. The number of aliphatic hydroxyl groups is 1. The zero-order chi connectivity index (χ0) is 15.4. The SMILES string of the molecule is O=C1C[C@@H](O)CN1C1CCCC[C@@H]1OCCc1ccccc1. The first-order valence-electron chi connectivity index (χ1n) is 8.37. The number of amides is 1. The molecule has 22 heavy (non-hydrogen) atoms. The van der Waals surface area contributed by atoms with Gasteiger partial charge in [0.25, 0.3) is 0 Å². The minimum atomic E-state index is -0.501. The fourth-order valence-corrected chi connectivity index (χ4v) is 3.63. The molecule has 4 nitrogen and oxygen atoms in total. The van der Waals surface area contributed by atoms with Crippen LogP contribution in [0.15, 0.2) is 30.3 Å². The number of hydrogen-bond acceptors (Lipinski definition) is 3. The van der Waals surface area contributed by atoms with Gasteiger partial charge in [0.15, 0.2) is 0 Å². The third-order valence-electron chi connectivity index (χ3n) is 4.77. The van der Waals surface area contributed by atoms with Crippen molar-refractivity contribution in [3.05, 3.63) is 35.9 Å². The lowest BCUT2D eigenvalue weighted by Gasteiger charge is -2.37. The minimum Gasteiger partial charge on any atom is -0.391 e. The highest BCUT2D eigenvalue weighted by atomic mass is 16.5. The Hall–Kier alpha value is -1.39. The van der Waals surface area contributed by atoms with E-state index in [1.807, 2.05) is 23.1 Å². The summed E-state index contributed by atoms with van der Waals surface area (Å²) in [5, 5.41) is 9.71. The Morgan fingerprint density at radius 3 is 2.68 bits per heavy atom. The largest absolute Gasteiger partial charge is 0.391 e. The fourth-order valence-electron chi connectivity index (χ4n) is 3.63. The van der Waals surface area contributed by atoms with Crippen molar-refractivity contribution in [2.75, 3.05) is 13.2 Å². The molecule has 0 spiro atoms. The summed E-state index contributed by atoms with van der Waals surface area (Å²) < 4.78 is 6.12. The minimum absolute atomic E-state index is 0.0797. The van der Waals surface area contributed by atoms with Crippen LogP contribution >= 0.6 is 0 Å². The van der Waals surface area contributed by atoms with E-state index in [4.69, 9.17) is 4.74 Å². The second kappa shape index (κ2) is 7.25. The fraction of sp³-hybridized carbons (Fsp3) is 0.611. The summed E-state index contributed by atoms with van der Waals surface area (Å²) >= 11 is 0. The van der Waals surface area contributed by atoms with Gasteiger partial charge >= 0.3 is 0 Å². The molecule has 4 heteroatoms. The number of rotatable bonds is 5. The van der Waals surface area contributed by atoms with Gasteiger partial charge in [-0.05, 0) is 24.8 Å². The van der Waals surface area contributed by atoms with Crippen LogP contribution in [0.2, 0.25) is 0 Å². The lowest BCUT2D eigenvalue weighted by atomic mass is 9.91. The van der Waals surface area contributed by atoms with Crippen molar-refractivity contribution in [3.63, 3.8) is 0 Å². The van der Waals surface area contributed by atoms with E-state index in [1.165, 1.54) is 5.56 Å². The van der Waals surface area contributed by atoms with Crippen LogP contribution in [0.4, 0.5) is 0 Å². The summed E-state index contributed by atoms with van der Waals surface area (Å²) in [6, 6.07) is 10.5. The highest BCUT2D eigenvalue weighted by Gasteiger charge is 2.38. The smallest absolute Gasteiger partial charge is 0.225 e. The van der Waals surface area contributed by atoms with E-state index in [0.717, 1.165) is 32.1 Å². The van der Waals surface area contributed by atoms with Crippen LogP contribution in [0.5, 0.6) is 0 Å². The van der Waals surface area contributed by atoms with Crippen molar-refractivity contribution in [2.45, 2.75) is 56.8 Å². The molecule has 1 saturated heterocycles. The van der Waals surface area contributed by atoms with E-state index in [0.29, 0.717) is 13.2 Å². The molecular formula is C18H25NO3. The Labute approximate surface area is 132 Å². The second-order valence-electron chi connectivity index (χ2n) is 6.40. The van der Waals surface area contributed by atoms with Gasteiger partial charge in [-0.15, -0.1) is 0 Å². The van der Waals surface area contributed by atoms with Gasteiger partial charge in [0.1, 0.15) is 0 Å². The van der Waals surface area contributed by atoms with Gasteiger partial charge in [0.05, 0.1) is 31.3 Å². The van der Waals surface area contributed by atoms with Crippen molar-refractivity contribution in [3.8, 4) is 0 Å². The van der Waals surface area contributed by atoms with Crippen LogP contribution in [0, 0.1) is 0 Å². The zero-order valence-corrected chi connectivity index (χ0v) is 13.0. The standard InChI is InChI=1S/C18H25NO3/c20-15-12-18(21)19(13-15)16-8-4-5-9-17(16)22-11-10-14-6-2-1-3-7-14/h1-3,6-7,15-17,20H,4-5,8-13H2/t15-,16?,17+/m1/s1. The van der Waals surface area contributed by atoms with Crippen molar-refractivity contribution in [1.29, 1.82) is 0 Å². The van der Waals surface area contributed by atoms with E-state index in [9.17, 15) is 9.90 Å². The maximum atomic E-state index is 12.0. The summed E-state index contributed by atoms with van der Waals surface area (Å²) in [4.78, 5) is 13.9. The molecule has 1 amide bonds. The van der Waals surface area contributed by atoms with Crippen LogP contribution in [0.1, 0.15) is 37.7 Å². The molecule has 1 saturated carbocycles. The number of aliphatic hydroxyl groups excluding tert-OH is 1. The Morgan fingerprint density at radius 1 is 1.18 bits per heavy atom. The Balaban J connectivity index is 1.55. The van der Waals surface area contributed by atoms with Crippen molar-refractivity contribution < 1.29 is 14.6 Å². The summed E-state index contributed by atoms with van der Waals surface area (Å²) in [5.41, 5.74) is 1.28. The Bertz CT molecular complexity index is 490. The van der Waals surface area contributed by atoms with Gasteiger partial charge in [-0.3, -0.25) is 4.79 Å². The van der Waals surface area contributed by atoms with Gasteiger partial charge in [-0.1, -0.05) is 43.2 Å². The molecule has 3 atom stereocenters. The van der Waals surface area contributed by atoms with E-state index < -0.39 is 6.10 Å². The zero-order valence-electron chi connectivity index (χ0n) is 13.0. The second-order valence-corrected chi connectivity index (χ2v) is 6.40. The van der Waals surface area contributed by atoms with E-state index >= 15 is 0 Å². The van der Waals surface area contributed by atoms with Crippen LogP contribution in [-0.2, 0) is 16.0 Å². The summed E-state index contributed by atoms with van der Waals surface area (Å²) in [6.07, 6.45) is 5.10. The molecule has 0 radical (unpaired) electrons. The number of hydrogen-bond donors (Lipinski definition) is 1. The van der Waals surface area contributed by atoms with Gasteiger partial charge in [-0.2, -0.15) is 0 Å². The van der Waals surface area contributed by atoms with Crippen LogP contribution in [-0.4, -0.2) is 47.3 Å². The first-order valence-corrected chi connectivity index (χ1v) is 8.37. The van der Waals surface area contributed by atoms with Gasteiger partial charge in [0.2, 0.25) is 5.91 Å². The molecule has 0 bridgehead atoms. The molecule has 2 fully saturated rings. The molecular weight excluding hydrogens is 278 g/mol. The van der Waals surface area contributed by atoms with Crippen molar-refractivity contribution >= 4 is 5.91 Å². The van der Waals surface area contributed by atoms with E-state index in [-0.39, 0.29) is 24.5 Å². The molecule has 1 aliphatic heterocycles. The predicted octanol–water partition coefficient (Wildman–Crippen LogP) is 2.15. The maximum Gasteiger partial charge on any atom is 0.225 e. The lowest BCUT2D eigenvalue weighted by molar-refractivity contribution is -0.134. The molecule has 1 aromatic carbocycles. The normalized spacial score (nSPS) is 29.0. The van der Waals surface area contributed by atoms with Crippen LogP contribution < -0.4 is 0 Å². The lowest BCUT2D eigenvalue weighted by Crippen LogP contribution is -2.47. The molecule has 0 aromatic heterocycles. The molecule has 1 N–H and O–H groups in total.